The highest BCUT2D eigenvalue weighted by atomic mass is 79.9. The Hall–Kier alpha value is -2.18. The zero-order valence-electron chi connectivity index (χ0n) is 14.4. The minimum Gasteiger partial charge on any atom is -0.372 e. The number of hydrogen-bond acceptors (Lipinski definition) is 3. The quantitative estimate of drug-likeness (QED) is 0.394. The SMILES string of the molecule is O=C(N/N=C/c1ccc(Br)cc1)C(O)(c1ccc(Cl)cc1)c1ccc(Cl)cc1. The number of nitrogens with zero attached hydrogens (tertiary/aromatic N) is 1. The third-order valence-corrected chi connectivity index (χ3v) is 5.13. The van der Waals surface area contributed by atoms with Gasteiger partial charge < -0.3 is 5.11 Å². The minimum atomic E-state index is -1.97. The molecule has 0 saturated heterocycles. The van der Waals surface area contributed by atoms with E-state index >= 15 is 0 Å². The molecule has 0 saturated carbocycles. The van der Waals surface area contributed by atoms with Crippen molar-refractivity contribution in [3.63, 3.8) is 0 Å². The van der Waals surface area contributed by atoms with Crippen LogP contribution in [0.15, 0.2) is 82.4 Å². The smallest absolute Gasteiger partial charge is 0.281 e. The number of carbonyl (C=O) groups is 1. The average molecular weight is 478 g/mol. The molecule has 3 aromatic carbocycles. The number of carbonyl (C=O) groups excluding carboxylic acids is 1. The van der Waals surface area contributed by atoms with Crippen LogP contribution in [0.25, 0.3) is 0 Å². The third-order valence-electron chi connectivity index (χ3n) is 4.10. The molecule has 0 bridgehead atoms. The van der Waals surface area contributed by atoms with Crippen LogP contribution in [0.2, 0.25) is 10.0 Å². The second kappa shape index (κ2) is 8.88. The van der Waals surface area contributed by atoms with Crippen LogP contribution in [0.3, 0.4) is 0 Å². The zero-order valence-corrected chi connectivity index (χ0v) is 17.5. The normalized spacial score (nSPS) is 11.6. The lowest BCUT2D eigenvalue weighted by Gasteiger charge is -2.27. The van der Waals surface area contributed by atoms with Crippen LogP contribution in [0.4, 0.5) is 0 Å². The first-order valence-corrected chi connectivity index (χ1v) is 9.78. The van der Waals surface area contributed by atoms with Gasteiger partial charge in [-0.15, -0.1) is 0 Å². The first kappa shape index (κ1) is 20.6. The Morgan fingerprint density at radius 1 is 0.893 bits per heavy atom. The van der Waals surface area contributed by atoms with Crippen LogP contribution in [0.1, 0.15) is 16.7 Å². The number of hydrazone groups is 1. The van der Waals surface area contributed by atoms with Crippen molar-refractivity contribution in [2.24, 2.45) is 5.10 Å². The number of halogens is 3. The van der Waals surface area contributed by atoms with Crippen LogP contribution in [0, 0.1) is 0 Å². The van der Waals surface area contributed by atoms with E-state index in [9.17, 15) is 9.90 Å². The van der Waals surface area contributed by atoms with E-state index in [0.717, 1.165) is 10.0 Å². The van der Waals surface area contributed by atoms with Gasteiger partial charge in [-0.25, -0.2) is 5.43 Å². The predicted octanol–water partition coefficient (Wildman–Crippen LogP) is 5.14. The van der Waals surface area contributed by atoms with Gasteiger partial charge in [-0.3, -0.25) is 4.79 Å². The molecule has 28 heavy (non-hydrogen) atoms. The molecule has 0 aliphatic heterocycles. The molecular formula is C21H15BrCl2N2O2. The van der Waals surface area contributed by atoms with Crippen LogP contribution < -0.4 is 5.43 Å². The summed E-state index contributed by atoms with van der Waals surface area (Å²) in [5, 5.41) is 16.3. The van der Waals surface area contributed by atoms with Gasteiger partial charge in [0.25, 0.3) is 5.91 Å². The molecule has 4 nitrogen and oxygen atoms in total. The maximum absolute atomic E-state index is 12.9. The second-order valence-electron chi connectivity index (χ2n) is 5.97. The summed E-state index contributed by atoms with van der Waals surface area (Å²) < 4.78 is 0.938. The van der Waals surface area contributed by atoms with E-state index in [2.05, 4.69) is 26.5 Å². The first-order valence-electron chi connectivity index (χ1n) is 8.23. The van der Waals surface area contributed by atoms with E-state index in [0.29, 0.717) is 21.2 Å². The predicted molar refractivity (Wildman–Crippen MR) is 116 cm³/mol. The highest BCUT2D eigenvalue weighted by Crippen LogP contribution is 2.31. The molecule has 0 fully saturated rings. The second-order valence-corrected chi connectivity index (χ2v) is 7.76. The van der Waals surface area contributed by atoms with Crippen molar-refractivity contribution < 1.29 is 9.90 Å². The van der Waals surface area contributed by atoms with Crippen LogP contribution in [-0.2, 0) is 10.4 Å². The number of benzene rings is 3. The van der Waals surface area contributed by atoms with Gasteiger partial charge in [0.05, 0.1) is 6.21 Å². The fourth-order valence-corrected chi connectivity index (χ4v) is 3.12. The molecule has 7 heteroatoms. The summed E-state index contributed by atoms with van der Waals surface area (Å²) in [6.07, 6.45) is 1.49. The van der Waals surface area contributed by atoms with Crippen molar-refractivity contribution in [3.05, 3.63) is 104 Å². The molecule has 1 amide bonds. The van der Waals surface area contributed by atoms with Gasteiger partial charge in [-0.1, -0.05) is 75.5 Å². The summed E-state index contributed by atoms with van der Waals surface area (Å²) in [6.45, 7) is 0. The summed E-state index contributed by atoms with van der Waals surface area (Å²) >= 11 is 15.2. The van der Waals surface area contributed by atoms with Crippen molar-refractivity contribution in [3.8, 4) is 0 Å². The molecule has 2 N–H and O–H groups in total. The lowest BCUT2D eigenvalue weighted by atomic mass is 9.85. The molecule has 0 spiro atoms. The molecule has 0 unspecified atom stereocenters. The summed E-state index contributed by atoms with van der Waals surface area (Å²) in [4.78, 5) is 12.9. The van der Waals surface area contributed by atoms with E-state index in [1.54, 1.807) is 48.5 Å². The van der Waals surface area contributed by atoms with Gasteiger partial charge in [-0.2, -0.15) is 5.10 Å². The molecule has 142 valence electrons. The molecule has 0 aliphatic carbocycles. The summed E-state index contributed by atoms with van der Waals surface area (Å²) in [5.74, 6) is -0.703. The molecule has 0 aliphatic rings. The van der Waals surface area contributed by atoms with Crippen molar-refractivity contribution in [1.82, 2.24) is 5.43 Å². The van der Waals surface area contributed by atoms with Crippen molar-refractivity contribution >= 4 is 51.3 Å². The van der Waals surface area contributed by atoms with Crippen LogP contribution >= 0.6 is 39.1 Å². The Bertz CT molecular complexity index is 943. The molecule has 3 aromatic rings. The number of rotatable bonds is 5. The first-order chi connectivity index (χ1) is 13.4. The maximum atomic E-state index is 12.9. The highest BCUT2D eigenvalue weighted by Gasteiger charge is 2.40. The largest absolute Gasteiger partial charge is 0.372 e. The van der Waals surface area contributed by atoms with E-state index in [1.807, 2.05) is 24.3 Å². The number of amides is 1. The zero-order chi connectivity index (χ0) is 20.1. The third kappa shape index (κ3) is 4.62. The Morgan fingerprint density at radius 3 is 1.82 bits per heavy atom. The fraction of sp³-hybridized carbons (Fsp3) is 0.0476. The molecule has 0 heterocycles. The fourth-order valence-electron chi connectivity index (χ4n) is 2.61. The molecule has 0 radical (unpaired) electrons. The van der Waals surface area contributed by atoms with Gasteiger partial charge in [0.1, 0.15) is 0 Å². The number of hydrogen-bond donors (Lipinski definition) is 2. The lowest BCUT2D eigenvalue weighted by molar-refractivity contribution is -0.136. The Morgan fingerprint density at radius 2 is 1.36 bits per heavy atom. The van der Waals surface area contributed by atoms with E-state index in [-0.39, 0.29) is 0 Å². The monoisotopic (exact) mass is 476 g/mol. The van der Waals surface area contributed by atoms with Crippen LogP contribution in [-0.4, -0.2) is 17.2 Å². The number of aliphatic hydroxyl groups is 1. The number of nitrogens with one attached hydrogen (secondary N) is 1. The van der Waals surface area contributed by atoms with Crippen molar-refractivity contribution in [1.29, 1.82) is 0 Å². The standard InChI is InChI=1S/C21H15BrCl2N2O2/c22-17-7-1-14(2-8-17)13-25-26-20(27)21(28,15-3-9-18(23)10-4-15)16-5-11-19(24)12-6-16/h1-13,28H,(H,26,27)/b25-13+. The minimum absolute atomic E-state index is 0.357. The Labute approximate surface area is 180 Å². The molecular weight excluding hydrogens is 463 g/mol. The van der Waals surface area contributed by atoms with E-state index in [4.69, 9.17) is 23.2 Å². The van der Waals surface area contributed by atoms with Gasteiger partial charge in [-0.05, 0) is 53.1 Å². The Balaban J connectivity index is 1.91. The van der Waals surface area contributed by atoms with Crippen LogP contribution in [0.5, 0.6) is 0 Å². The van der Waals surface area contributed by atoms with E-state index < -0.39 is 11.5 Å². The van der Waals surface area contributed by atoms with Gasteiger partial charge in [0.2, 0.25) is 0 Å². The summed E-state index contributed by atoms with van der Waals surface area (Å²) in [5.41, 5.74) is 1.96. The average Bonchev–Trinajstić information content (AvgIpc) is 2.70. The lowest BCUT2D eigenvalue weighted by Crippen LogP contribution is -2.43. The van der Waals surface area contributed by atoms with Crippen molar-refractivity contribution in [2.45, 2.75) is 5.60 Å². The van der Waals surface area contributed by atoms with E-state index in [1.165, 1.54) is 6.21 Å². The van der Waals surface area contributed by atoms with Crippen molar-refractivity contribution in [2.75, 3.05) is 0 Å². The molecule has 0 aromatic heterocycles. The maximum Gasteiger partial charge on any atom is 0.281 e. The van der Waals surface area contributed by atoms with Gasteiger partial charge in [0, 0.05) is 14.5 Å². The summed E-state index contributed by atoms with van der Waals surface area (Å²) in [6, 6.07) is 20.2. The highest BCUT2D eigenvalue weighted by molar-refractivity contribution is 9.10. The molecule has 3 rings (SSSR count). The van der Waals surface area contributed by atoms with Gasteiger partial charge >= 0.3 is 0 Å². The Kier molecular flexibility index (Phi) is 6.52. The topological polar surface area (TPSA) is 61.7 Å². The van der Waals surface area contributed by atoms with Gasteiger partial charge in [0.15, 0.2) is 5.60 Å². The summed E-state index contributed by atoms with van der Waals surface area (Å²) in [7, 11) is 0. The molecule has 0 atom stereocenters.